The van der Waals surface area contributed by atoms with Crippen molar-refractivity contribution in [2.45, 2.75) is 53.1 Å². The molecule has 1 N–H and O–H groups in total. The van der Waals surface area contributed by atoms with Gasteiger partial charge in [-0.15, -0.1) is 0 Å². The molecule has 1 aromatic heterocycles. The number of nitrogens with one attached hydrogen (secondary N) is 1. The Kier molecular flexibility index (Phi) is 5.61. The Hall–Kier alpha value is -1.81. The highest BCUT2D eigenvalue weighted by molar-refractivity contribution is 5.39. The Morgan fingerprint density at radius 2 is 2.05 bits per heavy atom. The quantitative estimate of drug-likeness (QED) is 0.840. The lowest BCUT2D eigenvalue weighted by Crippen LogP contribution is -2.20. The van der Waals surface area contributed by atoms with Gasteiger partial charge in [0.15, 0.2) is 0 Å². The molecule has 1 heterocycles. The normalized spacial score (nSPS) is 12.4. The average Bonchev–Trinajstić information content (AvgIpc) is 2.94. The average molecular weight is 302 g/mol. The van der Waals surface area contributed by atoms with Crippen LogP contribution in [0.15, 0.2) is 22.7 Å². The van der Waals surface area contributed by atoms with Crippen LogP contribution in [-0.4, -0.2) is 12.3 Å². The highest BCUT2D eigenvalue weighted by atomic mass is 16.5. The topological polar surface area (TPSA) is 47.3 Å². The van der Waals surface area contributed by atoms with Crippen LogP contribution in [0.3, 0.4) is 0 Å². The van der Waals surface area contributed by atoms with Crippen molar-refractivity contribution in [3.63, 3.8) is 0 Å². The van der Waals surface area contributed by atoms with Crippen molar-refractivity contribution in [3.8, 4) is 5.75 Å². The van der Waals surface area contributed by atoms with Crippen LogP contribution < -0.4 is 10.1 Å². The molecule has 0 fully saturated rings. The molecule has 0 saturated heterocycles. The van der Waals surface area contributed by atoms with Crippen molar-refractivity contribution in [2.24, 2.45) is 0 Å². The molecule has 1 aromatic carbocycles. The minimum atomic E-state index is 0.194. The lowest BCUT2D eigenvalue weighted by atomic mass is 10.0. The molecule has 0 radical (unpaired) electrons. The molecule has 0 spiro atoms. The van der Waals surface area contributed by atoms with Crippen LogP contribution in [0.25, 0.3) is 0 Å². The Balaban J connectivity index is 2.15. The third-order valence-corrected chi connectivity index (χ3v) is 4.04. The fraction of sp³-hybridized carbons (Fsp3) is 0.500. The van der Waals surface area contributed by atoms with E-state index in [1.807, 2.05) is 6.07 Å². The molecule has 2 rings (SSSR count). The van der Waals surface area contributed by atoms with Gasteiger partial charge >= 0.3 is 0 Å². The summed E-state index contributed by atoms with van der Waals surface area (Å²) in [6, 6.07) is 6.46. The second kappa shape index (κ2) is 7.45. The second-order valence-corrected chi connectivity index (χ2v) is 5.59. The van der Waals surface area contributed by atoms with E-state index >= 15 is 0 Å². The Bertz CT molecular complexity index is 598. The van der Waals surface area contributed by atoms with Crippen molar-refractivity contribution in [1.29, 1.82) is 0 Å². The fourth-order valence-electron chi connectivity index (χ4n) is 2.70. The molecule has 4 nitrogen and oxygen atoms in total. The van der Waals surface area contributed by atoms with E-state index in [1.165, 1.54) is 16.7 Å². The number of hydrogen-bond acceptors (Lipinski definition) is 4. The SMILES string of the molecule is CCc1noc(CC)c1CN[C@H](C)c1cc(C)ccc1OC. The van der Waals surface area contributed by atoms with Crippen LogP contribution in [0.5, 0.6) is 5.75 Å². The number of benzene rings is 1. The van der Waals surface area contributed by atoms with Gasteiger partial charge in [0.05, 0.1) is 12.8 Å². The number of rotatable bonds is 7. The lowest BCUT2D eigenvalue weighted by Gasteiger charge is -2.18. The molecular weight excluding hydrogens is 276 g/mol. The van der Waals surface area contributed by atoms with Gasteiger partial charge in [-0.05, 0) is 26.3 Å². The van der Waals surface area contributed by atoms with E-state index in [0.29, 0.717) is 0 Å². The van der Waals surface area contributed by atoms with Crippen molar-refractivity contribution >= 4 is 0 Å². The van der Waals surface area contributed by atoms with E-state index in [-0.39, 0.29) is 6.04 Å². The fourth-order valence-corrected chi connectivity index (χ4v) is 2.70. The predicted octanol–water partition coefficient (Wildman–Crippen LogP) is 3.97. The first kappa shape index (κ1) is 16.6. The highest BCUT2D eigenvalue weighted by Crippen LogP contribution is 2.27. The Labute approximate surface area is 132 Å². The zero-order chi connectivity index (χ0) is 16.1. The minimum absolute atomic E-state index is 0.194. The number of methoxy groups -OCH3 is 1. The van der Waals surface area contributed by atoms with Crippen molar-refractivity contribution in [1.82, 2.24) is 10.5 Å². The van der Waals surface area contributed by atoms with E-state index in [4.69, 9.17) is 9.26 Å². The summed E-state index contributed by atoms with van der Waals surface area (Å²) >= 11 is 0. The van der Waals surface area contributed by atoms with Gasteiger partial charge in [-0.1, -0.05) is 36.7 Å². The maximum Gasteiger partial charge on any atom is 0.141 e. The molecule has 22 heavy (non-hydrogen) atoms. The van der Waals surface area contributed by atoms with Crippen LogP contribution >= 0.6 is 0 Å². The summed E-state index contributed by atoms with van der Waals surface area (Å²) < 4.78 is 10.9. The Morgan fingerprint density at radius 3 is 2.68 bits per heavy atom. The number of ether oxygens (including phenoxy) is 1. The van der Waals surface area contributed by atoms with Gasteiger partial charge in [-0.25, -0.2) is 0 Å². The maximum absolute atomic E-state index is 5.48. The molecule has 0 unspecified atom stereocenters. The minimum Gasteiger partial charge on any atom is -0.496 e. The van der Waals surface area contributed by atoms with E-state index in [9.17, 15) is 0 Å². The largest absolute Gasteiger partial charge is 0.496 e. The monoisotopic (exact) mass is 302 g/mol. The van der Waals surface area contributed by atoms with Crippen LogP contribution in [0.4, 0.5) is 0 Å². The maximum atomic E-state index is 5.48. The number of aromatic nitrogens is 1. The van der Waals surface area contributed by atoms with Gasteiger partial charge in [0.2, 0.25) is 0 Å². The van der Waals surface area contributed by atoms with Crippen LogP contribution in [0, 0.1) is 6.92 Å². The zero-order valence-corrected chi connectivity index (χ0v) is 14.2. The van der Waals surface area contributed by atoms with E-state index in [2.05, 4.69) is 50.3 Å². The standard InChI is InChI=1S/C18H26N2O2/c1-6-16-15(17(7-2)22-20-16)11-19-13(4)14-10-12(3)8-9-18(14)21-5/h8-10,13,19H,6-7,11H2,1-5H3/t13-/m1/s1. The summed E-state index contributed by atoms with van der Waals surface area (Å²) in [7, 11) is 1.71. The molecule has 4 heteroatoms. The Morgan fingerprint density at radius 1 is 1.27 bits per heavy atom. The van der Waals surface area contributed by atoms with E-state index in [0.717, 1.165) is 36.6 Å². The third-order valence-electron chi connectivity index (χ3n) is 4.04. The summed E-state index contributed by atoms with van der Waals surface area (Å²) in [5.41, 5.74) is 4.66. The van der Waals surface area contributed by atoms with E-state index < -0.39 is 0 Å². The third kappa shape index (κ3) is 3.50. The summed E-state index contributed by atoms with van der Waals surface area (Å²) in [6.07, 6.45) is 1.76. The molecule has 0 aliphatic heterocycles. The number of hydrogen-bond donors (Lipinski definition) is 1. The zero-order valence-electron chi connectivity index (χ0n) is 14.2. The van der Waals surface area contributed by atoms with Crippen LogP contribution in [0.1, 0.15) is 55.0 Å². The smallest absolute Gasteiger partial charge is 0.141 e. The van der Waals surface area contributed by atoms with Crippen molar-refractivity contribution in [3.05, 3.63) is 46.3 Å². The molecule has 1 atom stereocenters. The van der Waals surface area contributed by atoms with Crippen LogP contribution in [-0.2, 0) is 19.4 Å². The van der Waals surface area contributed by atoms with Gasteiger partial charge in [-0.2, -0.15) is 0 Å². The van der Waals surface area contributed by atoms with Gasteiger partial charge < -0.3 is 14.6 Å². The summed E-state index contributed by atoms with van der Waals surface area (Å²) in [6.45, 7) is 9.21. The van der Waals surface area contributed by atoms with E-state index in [1.54, 1.807) is 7.11 Å². The number of aryl methyl sites for hydroxylation is 3. The molecular formula is C18H26N2O2. The molecule has 0 saturated carbocycles. The predicted molar refractivity (Wildman–Crippen MR) is 88.2 cm³/mol. The molecule has 0 aliphatic rings. The lowest BCUT2D eigenvalue weighted by molar-refractivity contribution is 0.379. The van der Waals surface area contributed by atoms with Crippen LogP contribution in [0.2, 0.25) is 0 Å². The summed E-state index contributed by atoms with van der Waals surface area (Å²) in [5, 5.41) is 7.74. The first-order valence-corrected chi connectivity index (χ1v) is 7.94. The van der Waals surface area contributed by atoms with Gasteiger partial charge in [0, 0.05) is 30.1 Å². The highest BCUT2D eigenvalue weighted by Gasteiger charge is 2.16. The first-order chi connectivity index (χ1) is 10.6. The first-order valence-electron chi connectivity index (χ1n) is 7.94. The van der Waals surface area contributed by atoms with Gasteiger partial charge in [0.25, 0.3) is 0 Å². The number of nitrogens with zero attached hydrogens (tertiary/aromatic N) is 1. The van der Waals surface area contributed by atoms with Crippen molar-refractivity contribution < 1.29 is 9.26 Å². The van der Waals surface area contributed by atoms with Crippen molar-refractivity contribution in [2.75, 3.05) is 7.11 Å². The molecule has 0 amide bonds. The molecule has 0 bridgehead atoms. The summed E-state index contributed by atoms with van der Waals surface area (Å²) in [5.74, 6) is 1.90. The van der Waals surface area contributed by atoms with Gasteiger partial charge in [-0.3, -0.25) is 0 Å². The van der Waals surface area contributed by atoms with Gasteiger partial charge in [0.1, 0.15) is 11.5 Å². The molecule has 2 aromatic rings. The summed E-state index contributed by atoms with van der Waals surface area (Å²) in [4.78, 5) is 0. The second-order valence-electron chi connectivity index (χ2n) is 5.59. The molecule has 120 valence electrons. The molecule has 0 aliphatic carbocycles.